The zero-order valence-corrected chi connectivity index (χ0v) is 17.0. The second kappa shape index (κ2) is 9.35. The number of ether oxygens (including phenoxy) is 1. The lowest BCUT2D eigenvalue weighted by Gasteiger charge is -2.14. The Bertz CT molecular complexity index is 971. The summed E-state index contributed by atoms with van der Waals surface area (Å²) in [5.41, 5.74) is 1.52. The van der Waals surface area contributed by atoms with Gasteiger partial charge in [-0.2, -0.15) is 0 Å². The third-order valence-corrected chi connectivity index (χ3v) is 4.90. The van der Waals surface area contributed by atoms with E-state index in [1.165, 1.54) is 30.0 Å². The van der Waals surface area contributed by atoms with Gasteiger partial charge in [0.25, 0.3) is 17.7 Å². The molecule has 1 atom stereocenters. The van der Waals surface area contributed by atoms with Crippen molar-refractivity contribution in [2.75, 3.05) is 6.54 Å². The summed E-state index contributed by atoms with van der Waals surface area (Å²) in [5, 5.41) is 2.71. The number of carbonyl (C=O) groups is 4. The Balaban J connectivity index is 1.62. The maximum absolute atomic E-state index is 12.5. The quantitative estimate of drug-likeness (QED) is 0.536. The highest BCUT2D eigenvalue weighted by molar-refractivity contribution is 6.22. The average Bonchev–Trinajstić information content (AvgIpc) is 3.00. The second-order valence-corrected chi connectivity index (χ2v) is 7.13. The van der Waals surface area contributed by atoms with Crippen LogP contribution >= 0.6 is 0 Å². The van der Waals surface area contributed by atoms with Crippen LogP contribution in [0.5, 0.6) is 0 Å². The summed E-state index contributed by atoms with van der Waals surface area (Å²) in [6, 6.07) is 13.6. The van der Waals surface area contributed by atoms with Crippen molar-refractivity contribution in [1.29, 1.82) is 0 Å². The number of unbranched alkanes of at least 4 members (excludes halogenated alkanes) is 1. The molecule has 1 heterocycles. The number of carbonyl (C=O) groups excluding carboxylic acids is 4. The zero-order valence-electron chi connectivity index (χ0n) is 17.0. The number of nitrogens with one attached hydrogen (secondary N) is 1. The van der Waals surface area contributed by atoms with Crippen LogP contribution in [0.25, 0.3) is 0 Å². The van der Waals surface area contributed by atoms with E-state index in [9.17, 15) is 19.2 Å². The monoisotopic (exact) mass is 408 g/mol. The number of hydrogen-bond acceptors (Lipinski definition) is 5. The summed E-state index contributed by atoms with van der Waals surface area (Å²) in [6.45, 7) is 4.13. The molecular weight excluding hydrogens is 384 g/mol. The Morgan fingerprint density at radius 2 is 1.73 bits per heavy atom. The lowest BCUT2D eigenvalue weighted by atomic mass is 10.1. The summed E-state index contributed by atoms with van der Waals surface area (Å²) in [7, 11) is 0. The number of imide groups is 1. The van der Waals surface area contributed by atoms with E-state index in [1.807, 2.05) is 37.3 Å². The number of rotatable bonds is 8. The summed E-state index contributed by atoms with van der Waals surface area (Å²) in [5.74, 6) is -1.92. The first-order chi connectivity index (χ1) is 14.4. The van der Waals surface area contributed by atoms with Gasteiger partial charge in [0.2, 0.25) is 0 Å². The third kappa shape index (κ3) is 4.56. The molecule has 0 fully saturated rings. The van der Waals surface area contributed by atoms with E-state index >= 15 is 0 Å². The number of nitrogens with zero attached hydrogens (tertiary/aromatic N) is 1. The van der Waals surface area contributed by atoms with Crippen molar-refractivity contribution in [2.24, 2.45) is 0 Å². The molecule has 1 aliphatic heterocycles. The van der Waals surface area contributed by atoms with Gasteiger partial charge in [0, 0.05) is 13.1 Å². The molecule has 1 N–H and O–H groups in total. The highest BCUT2D eigenvalue weighted by Crippen LogP contribution is 2.25. The van der Waals surface area contributed by atoms with Crippen LogP contribution in [0.4, 0.5) is 0 Å². The Kier molecular flexibility index (Phi) is 6.61. The number of esters is 1. The van der Waals surface area contributed by atoms with Gasteiger partial charge in [-0.3, -0.25) is 19.3 Å². The highest BCUT2D eigenvalue weighted by Gasteiger charge is 2.35. The van der Waals surface area contributed by atoms with Gasteiger partial charge in [0.1, 0.15) is 0 Å². The lowest BCUT2D eigenvalue weighted by Crippen LogP contribution is -2.35. The summed E-state index contributed by atoms with van der Waals surface area (Å²) >= 11 is 0. The van der Waals surface area contributed by atoms with Crippen LogP contribution in [0.2, 0.25) is 0 Å². The molecular formula is C23H24N2O5. The smallest absolute Gasteiger partial charge is 0.338 e. The molecule has 0 aromatic heterocycles. The number of benzene rings is 2. The Morgan fingerprint density at radius 3 is 2.43 bits per heavy atom. The summed E-state index contributed by atoms with van der Waals surface area (Å²) in [4.78, 5) is 50.8. The lowest BCUT2D eigenvalue weighted by molar-refractivity contribution is -0.129. The maximum Gasteiger partial charge on any atom is 0.338 e. The molecule has 0 spiro atoms. The van der Waals surface area contributed by atoms with Crippen LogP contribution in [-0.2, 0) is 16.1 Å². The van der Waals surface area contributed by atoms with Gasteiger partial charge < -0.3 is 10.1 Å². The first-order valence-corrected chi connectivity index (χ1v) is 9.95. The molecule has 7 heteroatoms. The average molecular weight is 408 g/mol. The van der Waals surface area contributed by atoms with Crippen molar-refractivity contribution < 1.29 is 23.9 Å². The number of amides is 3. The van der Waals surface area contributed by atoms with Crippen LogP contribution in [0.1, 0.15) is 63.3 Å². The molecule has 0 unspecified atom stereocenters. The predicted octanol–water partition coefficient (Wildman–Crippen LogP) is 2.94. The zero-order chi connectivity index (χ0) is 21.7. The van der Waals surface area contributed by atoms with E-state index in [0.29, 0.717) is 13.1 Å². The molecule has 0 bridgehead atoms. The van der Waals surface area contributed by atoms with Crippen molar-refractivity contribution in [3.63, 3.8) is 0 Å². The van der Waals surface area contributed by atoms with E-state index in [-0.39, 0.29) is 22.6 Å². The first kappa shape index (κ1) is 21.2. The molecule has 156 valence electrons. The minimum atomic E-state index is -1.01. The van der Waals surface area contributed by atoms with Crippen LogP contribution in [0, 0.1) is 0 Å². The first-order valence-electron chi connectivity index (χ1n) is 9.95. The topological polar surface area (TPSA) is 92.8 Å². The number of hydrogen-bond donors (Lipinski definition) is 1. The van der Waals surface area contributed by atoms with E-state index < -0.39 is 23.9 Å². The summed E-state index contributed by atoms with van der Waals surface area (Å²) in [6.07, 6.45) is 0.568. The van der Waals surface area contributed by atoms with Gasteiger partial charge in [-0.05, 0) is 37.1 Å². The standard InChI is InChI=1S/C23H24N2O5/c1-3-4-12-25-21(27)18-11-10-17(13-19(18)22(25)28)23(29)30-15(2)20(26)24-14-16-8-6-5-7-9-16/h5-11,13,15H,3-4,12,14H2,1-2H3,(H,24,26)/t15-/m1/s1. The van der Waals surface area contributed by atoms with E-state index in [2.05, 4.69) is 5.32 Å². The maximum atomic E-state index is 12.5. The largest absolute Gasteiger partial charge is 0.449 e. The fraction of sp³-hybridized carbons (Fsp3) is 0.304. The van der Waals surface area contributed by atoms with Crippen LogP contribution < -0.4 is 5.32 Å². The molecule has 30 heavy (non-hydrogen) atoms. The molecule has 2 aromatic rings. The molecule has 3 amide bonds. The highest BCUT2D eigenvalue weighted by atomic mass is 16.5. The molecule has 7 nitrogen and oxygen atoms in total. The second-order valence-electron chi connectivity index (χ2n) is 7.13. The SMILES string of the molecule is CCCCN1C(=O)c2ccc(C(=O)O[C@H](C)C(=O)NCc3ccccc3)cc2C1=O. The van der Waals surface area contributed by atoms with Gasteiger partial charge in [-0.15, -0.1) is 0 Å². The van der Waals surface area contributed by atoms with Gasteiger partial charge in [0.05, 0.1) is 16.7 Å². The third-order valence-electron chi connectivity index (χ3n) is 4.90. The Morgan fingerprint density at radius 1 is 1.03 bits per heavy atom. The fourth-order valence-electron chi connectivity index (χ4n) is 3.15. The molecule has 0 saturated heterocycles. The van der Waals surface area contributed by atoms with Gasteiger partial charge >= 0.3 is 5.97 Å². The minimum absolute atomic E-state index is 0.120. The number of fused-ring (bicyclic) bond motifs is 1. The van der Waals surface area contributed by atoms with Gasteiger partial charge in [0.15, 0.2) is 6.10 Å². The molecule has 2 aromatic carbocycles. The minimum Gasteiger partial charge on any atom is -0.449 e. The van der Waals surface area contributed by atoms with Crippen molar-refractivity contribution in [3.05, 3.63) is 70.8 Å². The predicted molar refractivity (Wildman–Crippen MR) is 110 cm³/mol. The summed E-state index contributed by atoms with van der Waals surface area (Å²) < 4.78 is 5.24. The molecule has 1 aliphatic rings. The molecule has 0 radical (unpaired) electrons. The van der Waals surface area contributed by atoms with Gasteiger partial charge in [-0.1, -0.05) is 43.7 Å². The van der Waals surface area contributed by atoms with Gasteiger partial charge in [-0.25, -0.2) is 4.79 Å². The van der Waals surface area contributed by atoms with E-state index in [1.54, 1.807) is 0 Å². The van der Waals surface area contributed by atoms with E-state index in [4.69, 9.17) is 4.74 Å². The Hall–Kier alpha value is -3.48. The molecule has 0 aliphatic carbocycles. The Labute approximate surface area is 175 Å². The van der Waals surface area contributed by atoms with Crippen LogP contribution in [-0.4, -0.2) is 41.2 Å². The fourth-order valence-corrected chi connectivity index (χ4v) is 3.15. The van der Waals surface area contributed by atoms with E-state index in [0.717, 1.165) is 18.4 Å². The van der Waals surface area contributed by atoms with Crippen LogP contribution in [0.15, 0.2) is 48.5 Å². The molecule has 3 rings (SSSR count). The van der Waals surface area contributed by atoms with Crippen molar-refractivity contribution >= 4 is 23.7 Å². The van der Waals surface area contributed by atoms with Crippen molar-refractivity contribution in [3.8, 4) is 0 Å². The van der Waals surface area contributed by atoms with Crippen molar-refractivity contribution in [1.82, 2.24) is 10.2 Å². The van der Waals surface area contributed by atoms with Crippen LogP contribution in [0.3, 0.4) is 0 Å². The normalized spacial score (nSPS) is 13.7. The van der Waals surface area contributed by atoms with Crippen molar-refractivity contribution in [2.45, 2.75) is 39.3 Å². The molecule has 0 saturated carbocycles.